The molecule has 0 radical (unpaired) electrons. The second-order valence-corrected chi connectivity index (χ2v) is 12.2. The Morgan fingerprint density at radius 3 is 2.68 bits per heavy atom. The van der Waals surface area contributed by atoms with Crippen LogP contribution >= 0.6 is 0 Å². The first kappa shape index (κ1) is 24.1. The minimum atomic E-state index is 0.466. The summed E-state index contributed by atoms with van der Waals surface area (Å²) < 4.78 is 5.80. The monoisotopic (exact) mass is 463 g/mol. The van der Waals surface area contributed by atoms with Gasteiger partial charge in [0.15, 0.2) is 0 Å². The number of nitrogens with one attached hydrogen (secondary N) is 1. The average molecular weight is 464 g/mol. The molecule has 34 heavy (non-hydrogen) atoms. The maximum Gasteiger partial charge on any atom is 0.140 e. The molecule has 186 valence electrons. The smallest absolute Gasteiger partial charge is 0.140 e. The highest BCUT2D eigenvalue weighted by molar-refractivity contribution is 5.44. The number of rotatable bonds is 7. The number of hydrogen-bond acceptors (Lipinski definition) is 4. The van der Waals surface area contributed by atoms with E-state index in [1.54, 1.807) is 0 Å². The maximum atomic E-state index is 9.07. The van der Waals surface area contributed by atoms with Crippen molar-refractivity contribution in [3.8, 4) is 6.07 Å². The predicted molar refractivity (Wildman–Crippen MR) is 137 cm³/mol. The van der Waals surface area contributed by atoms with Gasteiger partial charge in [-0.3, -0.25) is 0 Å². The van der Waals surface area contributed by atoms with Crippen LogP contribution in [0.4, 0.5) is 5.69 Å². The van der Waals surface area contributed by atoms with Crippen LogP contribution in [-0.2, 0) is 4.74 Å². The Morgan fingerprint density at radius 2 is 1.94 bits per heavy atom. The van der Waals surface area contributed by atoms with Crippen LogP contribution < -0.4 is 5.32 Å². The Balaban J connectivity index is 1.26. The van der Waals surface area contributed by atoms with Crippen LogP contribution in [0.3, 0.4) is 0 Å². The molecule has 0 bridgehead atoms. The van der Waals surface area contributed by atoms with E-state index in [0.29, 0.717) is 17.2 Å². The van der Waals surface area contributed by atoms with Crippen molar-refractivity contribution in [1.82, 2.24) is 4.98 Å². The first-order valence-electron chi connectivity index (χ1n) is 14.3. The molecule has 0 aliphatic heterocycles. The van der Waals surface area contributed by atoms with E-state index in [2.05, 4.69) is 37.1 Å². The van der Waals surface area contributed by atoms with Gasteiger partial charge in [0.05, 0.1) is 11.9 Å². The molecule has 0 spiro atoms. The van der Waals surface area contributed by atoms with Gasteiger partial charge >= 0.3 is 0 Å². The van der Waals surface area contributed by atoms with Crippen LogP contribution in [0, 0.1) is 58.2 Å². The van der Waals surface area contributed by atoms with Crippen LogP contribution in [-0.4, -0.2) is 24.2 Å². The first-order valence-corrected chi connectivity index (χ1v) is 14.3. The third-order valence-corrected chi connectivity index (χ3v) is 10.8. The van der Waals surface area contributed by atoms with E-state index in [9.17, 15) is 0 Å². The second kappa shape index (κ2) is 10.2. The summed E-state index contributed by atoms with van der Waals surface area (Å²) in [5.74, 6) is 6.37. The molecule has 4 aliphatic rings. The summed E-state index contributed by atoms with van der Waals surface area (Å²) in [6, 6.07) is 6.49. The molecule has 1 N–H and O–H groups in total. The summed E-state index contributed by atoms with van der Waals surface area (Å²) in [5.41, 5.74) is 2.02. The minimum absolute atomic E-state index is 0.466. The number of fused-ring (bicyclic) bond motifs is 5. The van der Waals surface area contributed by atoms with E-state index in [4.69, 9.17) is 10.00 Å². The van der Waals surface area contributed by atoms with Crippen LogP contribution in [0.15, 0.2) is 18.3 Å². The highest BCUT2D eigenvalue weighted by atomic mass is 16.5. The molecule has 4 nitrogen and oxygen atoms in total. The zero-order valence-electron chi connectivity index (χ0n) is 21.6. The number of nitrogens with zero attached hydrogens (tertiary/aromatic N) is 2. The van der Waals surface area contributed by atoms with E-state index >= 15 is 0 Å². The molecule has 4 saturated carbocycles. The fraction of sp³-hybridized carbons (Fsp3) is 0.800. The van der Waals surface area contributed by atoms with Crippen LogP contribution in [0.25, 0.3) is 0 Å². The standard InChI is InChI=1S/C30H45N3O/c1-4-29(33-23-9-8-22(17-31)32-18-23)28-13-12-27-26-11-7-21-16-20(19-34-5-2)6-10-24(21)25(26)14-15-30(27,28)3/h8-9,18,20-21,24-29,33H,4-7,10-16,19H2,1-3H3/t20-,21+,24-,25?,26+,27?,28?,29+,30-/m0/s1. The van der Waals surface area contributed by atoms with Gasteiger partial charge in [-0.1, -0.05) is 13.8 Å². The third-order valence-electron chi connectivity index (χ3n) is 10.8. The SMILES string of the molecule is CCOC[C@H]1CC[C@@H]2C3CC[C@@]4(C)C(CCC4[C@@H](CC)Nc4ccc(C#N)nc4)[C@@H]3CC[C@@H]2C1. The average Bonchev–Trinajstić information content (AvgIpc) is 3.23. The van der Waals surface area contributed by atoms with E-state index in [-0.39, 0.29) is 0 Å². The van der Waals surface area contributed by atoms with Gasteiger partial charge in [0, 0.05) is 19.3 Å². The predicted octanol–water partition coefficient (Wildman–Crippen LogP) is 7.07. The summed E-state index contributed by atoms with van der Waals surface area (Å²) >= 11 is 0. The first-order chi connectivity index (χ1) is 16.6. The number of hydrogen-bond donors (Lipinski definition) is 1. The topological polar surface area (TPSA) is 57.9 Å². The Kier molecular flexibility index (Phi) is 7.22. The highest BCUT2D eigenvalue weighted by Gasteiger charge is 2.58. The molecule has 0 aromatic carbocycles. The van der Waals surface area contributed by atoms with Crippen molar-refractivity contribution >= 4 is 5.69 Å². The van der Waals surface area contributed by atoms with Gasteiger partial charge in [-0.05, 0) is 130 Å². The van der Waals surface area contributed by atoms with Gasteiger partial charge in [0.25, 0.3) is 0 Å². The highest BCUT2D eigenvalue weighted by Crippen LogP contribution is 2.65. The van der Waals surface area contributed by atoms with Crippen molar-refractivity contribution in [2.45, 2.75) is 91.0 Å². The van der Waals surface area contributed by atoms with Crippen molar-refractivity contribution in [2.75, 3.05) is 18.5 Å². The largest absolute Gasteiger partial charge is 0.381 e. The number of nitriles is 1. The fourth-order valence-corrected chi connectivity index (χ4v) is 9.33. The Labute approximate surface area is 207 Å². The lowest BCUT2D eigenvalue weighted by Crippen LogP contribution is -2.50. The molecule has 1 heterocycles. The molecule has 1 aromatic rings. The van der Waals surface area contributed by atoms with E-state index in [0.717, 1.165) is 66.7 Å². The summed E-state index contributed by atoms with van der Waals surface area (Å²) in [4.78, 5) is 4.29. The molecular formula is C30H45N3O. The molecule has 1 aromatic heterocycles. The van der Waals surface area contributed by atoms with E-state index in [1.165, 1.54) is 57.8 Å². The molecule has 4 fully saturated rings. The summed E-state index contributed by atoms with van der Waals surface area (Å²) in [5, 5.41) is 12.9. The Bertz CT molecular complexity index is 863. The molecule has 4 aliphatic carbocycles. The molecule has 9 atom stereocenters. The van der Waals surface area contributed by atoms with Gasteiger partial charge in [0.2, 0.25) is 0 Å². The molecule has 5 rings (SSSR count). The fourth-order valence-electron chi connectivity index (χ4n) is 9.33. The van der Waals surface area contributed by atoms with Gasteiger partial charge in [0.1, 0.15) is 11.8 Å². The van der Waals surface area contributed by atoms with E-state index < -0.39 is 0 Å². The maximum absolute atomic E-state index is 9.07. The van der Waals surface area contributed by atoms with E-state index in [1.807, 2.05) is 18.3 Å². The number of ether oxygens (including phenoxy) is 1. The lowest BCUT2D eigenvalue weighted by molar-refractivity contribution is -0.0743. The quantitative estimate of drug-likeness (QED) is 0.470. The summed E-state index contributed by atoms with van der Waals surface area (Å²) in [6.07, 6.45) is 15.9. The summed E-state index contributed by atoms with van der Waals surface area (Å²) in [7, 11) is 0. The van der Waals surface area contributed by atoms with Crippen molar-refractivity contribution in [3.05, 3.63) is 24.0 Å². The lowest BCUT2D eigenvalue weighted by atomic mass is 9.49. The van der Waals surface area contributed by atoms with Crippen molar-refractivity contribution in [2.24, 2.45) is 46.8 Å². The molecule has 0 amide bonds. The number of anilines is 1. The van der Waals surface area contributed by atoms with Crippen molar-refractivity contribution < 1.29 is 4.74 Å². The Hall–Kier alpha value is -1.60. The minimum Gasteiger partial charge on any atom is -0.381 e. The third kappa shape index (κ3) is 4.39. The zero-order chi connectivity index (χ0) is 23.7. The van der Waals surface area contributed by atoms with Crippen molar-refractivity contribution in [1.29, 1.82) is 5.26 Å². The van der Waals surface area contributed by atoms with Crippen LogP contribution in [0.2, 0.25) is 0 Å². The van der Waals surface area contributed by atoms with Gasteiger partial charge < -0.3 is 10.1 Å². The van der Waals surface area contributed by atoms with Gasteiger partial charge in [-0.15, -0.1) is 0 Å². The lowest BCUT2D eigenvalue weighted by Gasteiger charge is -2.57. The zero-order valence-corrected chi connectivity index (χ0v) is 21.6. The van der Waals surface area contributed by atoms with Crippen molar-refractivity contribution in [3.63, 3.8) is 0 Å². The normalized spacial score (nSPS) is 39.9. The summed E-state index contributed by atoms with van der Waals surface area (Å²) in [6.45, 7) is 8.98. The Morgan fingerprint density at radius 1 is 1.09 bits per heavy atom. The van der Waals surface area contributed by atoms with Gasteiger partial charge in [-0.2, -0.15) is 5.26 Å². The molecule has 4 heteroatoms. The molecule has 3 unspecified atom stereocenters. The molecular weight excluding hydrogens is 418 g/mol. The number of aromatic nitrogens is 1. The second-order valence-electron chi connectivity index (χ2n) is 12.2. The number of pyridine rings is 1. The van der Waals surface area contributed by atoms with Gasteiger partial charge in [-0.25, -0.2) is 4.98 Å². The molecule has 0 saturated heterocycles. The van der Waals surface area contributed by atoms with Crippen LogP contribution in [0.1, 0.15) is 90.7 Å². The van der Waals surface area contributed by atoms with Crippen LogP contribution in [0.5, 0.6) is 0 Å².